The minimum absolute atomic E-state index is 0.0393. The molecule has 22 heavy (non-hydrogen) atoms. The predicted octanol–water partition coefficient (Wildman–Crippen LogP) is 3.77. The van der Waals surface area contributed by atoms with Gasteiger partial charge in [0, 0.05) is 10.7 Å². The van der Waals surface area contributed by atoms with Gasteiger partial charge in [-0.1, -0.05) is 29.8 Å². The molecule has 5 heteroatoms. The number of aryl methyl sites for hydroxylation is 1. The molecule has 0 bridgehead atoms. The maximum atomic E-state index is 12.1. The van der Waals surface area contributed by atoms with Crippen LogP contribution in [0.1, 0.15) is 11.1 Å². The van der Waals surface area contributed by atoms with Gasteiger partial charge in [0.15, 0.2) is 0 Å². The van der Waals surface area contributed by atoms with E-state index in [2.05, 4.69) is 10.6 Å². The molecule has 0 fully saturated rings. The zero-order valence-corrected chi connectivity index (χ0v) is 13.0. The Bertz CT molecular complexity index is 703. The highest BCUT2D eigenvalue weighted by molar-refractivity contribution is 6.30. The van der Waals surface area contributed by atoms with Gasteiger partial charge in [-0.05, 0) is 48.7 Å². The van der Waals surface area contributed by atoms with Crippen LogP contribution in [0.2, 0.25) is 5.02 Å². The summed E-state index contributed by atoms with van der Waals surface area (Å²) in [4.78, 5) is 12.1. The molecule has 1 aliphatic heterocycles. The van der Waals surface area contributed by atoms with Crippen LogP contribution in [0.15, 0.2) is 42.5 Å². The molecule has 2 amide bonds. The fourth-order valence-electron chi connectivity index (χ4n) is 2.53. The average molecular weight is 317 g/mol. The molecular formula is C17H17ClN2O2. The first kappa shape index (κ1) is 14.7. The summed E-state index contributed by atoms with van der Waals surface area (Å²) in [6, 6.07) is 13.0. The topological polar surface area (TPSA) is 50.4 Å². The van der Waals surface area contributed by atoms with Gasteiger partial charge < -0.3 is 15.4 Å². The summed E-state index contributed by atoms with van der Waals surface area (Å²) in [7, 11) is 0. The minimum atomic E-state index is -0.238. The highest BCUT2D eigenvalue weighted by Crippen LogP contribution is 2.24. The van der Waals surface area contributed by atoms with Crippen molar-refractivity contribution in [1.82, 2.24) is 5.32 Å². The highest BCUT2D eigenvalue weighted by atomic mass is 35.5. The van der Waals surface area contributed by atoms with Crippen molar-refractivity contribution >= 4 is 23.3 Å². The number of hydrogen-bond donors (Lipinski definition) is 2. The largest absolute Gasteiger partial charge is 0.491 e. The molecule has 3 rings (SSSR count). The number of benzene rings is 2. The summed E-state index contributed by atoms with van der Waals surface area (Å²) in [6.07, 6.45) is 0.767. The monoisotopic (exact) mass is 316 g/mol. The third-order valence-corrected chi connectivity index (χ3v) is 3.89. The maximum absolute atomic E-state index is 12.1. The molecule has 4 nitrogen and oxygen atoms in total. The number of nitrogens with one attached hydrogen (secondary N) is 2. The van der Waals surface area contributed by atoms with Crippen molar-refractivity contribution in [3.05, 3.63) is 58.6 Å². The van der Waals surface area contributed by atoms with E-state index in [4.69, 9.17) is 16.3 Å². The smallest absolute Gasteiger partial charge is 0.319 e. The molecule has 2 aromatic carbocycles. The summed E-state index contributed by atoms with van der Waals surface area (Å²) in [6.45, 7) is 2.38. The second-order valence-corrected chi connectivity index (χ2v) is 5.81. The lowest BCUT2D eigenvalue weighted by molar-refractivity contribution is 0.222. The molecule has 0 saturated carbocycles. The zero-order chi connectivity index (χ0) is 15.5. The summed E-state index contributed by atoms with van der Waals surface area (Å²) < 4.78 is 5.67. The lowest BCUT2D eigenvalue weighted by Crippen LogP contribution is -2.44. The van der Waals surface area contributed by atoms with E-state index in [1.165, 1.54) is 0 Å². The Morgan fingerprint density at radius 1 is 1.27 bits per heavy atom. The molecule has 0 aromatic heterocycles. The number of para-hydroxylation sites is 1. The average Bonchev–Trinajstić information content (AvgIpc) is 2.50. The normalized spacial score (nSPS) is 16.4. The van der Waals surface area contributed by atoms with Crippen LogP contribution in [0.25, 0.3) is 0 Å². The van der Waals surface area contributed by atoms with E-state index >= 15 is 0 Å². The van der Waals surface area contributed by atoms with Gasteiger partial charge in [-0.3, -0.25) is 0 Å². The van der Waals surface area contributed by atoms with E-state index in [9.17, 15) is 4.79 Å². The molecular weight excluding hydrogens is 300 g/mol. The zero-order valence-electron chi connectivity index (χ0n) is 12.2. The van der Waals surface area contributed by atoms with Crippen molar-refractivity contribution in [3.8, 4) is 5.75 Å². The van der Waals surface area contributed by atoms with E-state index in [-0.39, 0.29) is 12.1 Å². The first-order chi connectivity index (χ1) is 10.6. The highest BCUT2D eigenvalue weighted by Gasteiger charge is 2.21. The first-order valence-corrected chi connectivity index (χ1v) is 7.54. The lowest BCUT2D eigenvalue weighted by Gasteiger charge is -2.26. The lowest BCUT2D eigenvalue weighted by atomic mass is 10.0. The standard InChI is InChI=1S/C17H17ClN2O2/c1-11-8-13(18)6-7-15(11)20-17(21)19-14-9-12-4-2-3-5-16(12)22-10-14/h2-8,14H,9-10H2,1H3,(H2,19,20,21)/t14-/m1/s1. The van der Waals surface area contributed by atoms with Crippen molar-refractivity contribution in [1.29, 1.82) is 0 Å². The predicted molar refractivity (Wildman–Crippen MR) is 87.8 cm³/mol. The van der Waals surface area contributed by atoms with Gasteiger partial charge in [-0.2, -0.15) is 0 Å². The third-order valence-electron chi connectivity index (χ3n) is 3.65. The van der Waals surface area contributed by atoms with Crippen LogP contribution in [0.3, 0.4) is 0 Å². The molecule has 0 radical (unpaired) electrons. The molecule has 0 spiro atoms. The van der Waals surface area contributed by atoms with Gasteiger partial charge in [0.05, 0.1) is 6.04 Å². The molecule has 2 N–H and O–H groups in total. The maximum Gasteiger partial charge on any atom is 0.319 e. The van der Waals surface area contributed by atoms with Crippen LogP contribution in [0, 0.1) is 6.92 Å². The number of hydrogen-bond acceptors (Lipinski definition) is 2. The van der Waals surface area contributed by atoms with E-state index in [1.54, 1.807) is 12.1 Å². The fourth-order valence-corrected chi connectivity index (χ4v) is 2.76. The van der Waals surface area contributed by atoms with E-state index in [0.29, 0.717) is 11.6 Å². The van der Waals surface area contributed by atoms with Crippen LogP contribution in [0.4, 0.5) is 10.5 Å². The number of fused-ring (bicyclic) bond motifs is 1. The number of rotatable bonds is 2. The second kappa shape index (κ2) is 6.28. The molecule has 1 atom stereocenters. The fraction of sp³-hybridized carbons (Fsp3) is 0.235. The molecule has 114 valence electrons. The molecule has 1 heterocycles. The second-order valence-electron chi connectivity index (χ2n) is 5.38. The Balaban J connectivity index is 1.61. The van der Waals surface area contributed by atoms with Gasteiger partial charge in [-0.25, -0.2) is 4.79 Å². The van der Waals surface area contributed by atoms with Crippen molar-refractivity contribution in [3.63, 3.8) is 0 Å². The van der Waals surface area contributed by atoms with Gasteiger partial charge >= 0.3 is 6.03 Å². The Hall–Kier alpha value is -2.20. The van der Waals surface area contributed by atoms with E-state index < -0.39 is 0 Å². The van der Waals surface area contributed by atoms with E-state index in [1.807, 2.05) is 37.3 Å². The van der Waals surface area contributed by atoms with Crippen LogP contribution < -0.4 is 15.4 Å². The first-order valence-electron chi connectivity index (χ1n) is 7.16. The molecule has 1 aliphatic rings. The number of carbonyl (C=O) groups is 1. The Labute approximate surface area is 134 Å². The van der Waals surface area contributed by atoms with Gasteiger partial charge in [0.1, 0.15) is 12.4 Å². The van der Waals surface area contributed by atoms with Crippen molar-refractivity contribution < 1.29 is 9.53 Å². The SMILES string of the molecule is Cc1cc(Cl)ccc1NC(=O)N[C@H]1COc2ccccc2C1. The summed E-state index contributed by atoms with van der Waals surface area (Å²) in [5, 5.41) is 6.44. The summed E-state index contributed by atoms with van der Waals surface area (Å²) >= 11 is 5.91. The number of amides is 2. The molecule has 0 unspecified atom stereocenters. The van der Waals surface area contributed by atoms with Crippen LogP contribution in [0.5, 0.6) is 5.75 Å². The molecule has 0 saturated heterocycles. The van der Waals surface area contributed by atoms with Gasteiger partial charge in [-0.15, -0.1) is 0 Å². The van der Waals surface area contributed by atoms with Gasteiger partial charge in [0.2, 0.25) is 0 Å². The van der Waals surface area contributed by atoms with Crippen molar-refractivity contribution in [2.75, 3.05) is 11.9 Å². The Morgan fingerprint density at radius 3 is 2.91 bits per heavy atom. The van der Waals surface area contributed by atoms with Crippen LogP contribution in [-0.4, -0.2) is 18.7 Å². The number of urea groups is 1. The number of anilines is 1. The van der Waals surface area contributed by atoms with Crippen LogP contribution in [-0.2, 0) is 6.42 Å². The number of ether oxygens (including phenoxy) is 1. The minimum Gasteiger partial charge on any atom is -0.491 e. The van der Waals surface area contributed by atoms with Crippen molar-refractivity contribution in [2.45, 2.75) is 19.4 Å². The third kappa shape index (κ3) is 3.34. The quantitative estimate of drug-likeness (QED) is 0.886. The van der Waals surface area contributed by atoms with Crippen LogP contribution >= 0.6 is 11.6 Å². The number of halogens is 1. The molecule has 0 aliphatic carbocycles. The summed E-state index contributed by atoms with van der Waals surface area (Å²) in [5.74, 6) is 0.898. The Morgan fingerprint density at radius 2 is 2.09 bits per heavy atom. The van der Waals surface area contributed by atoms with E-state index in [0.717, 1.165) is 29.0 Å². The molecule has 2 aromatic rings. The summed E-state index contributed by atoms with van der Waals surface area (Å²) in [5.41, 5.74) is 2.79. The Kier molecular flexibility index (Phi) is 4.20. The van der Waals surface area contributed by atoms with Gasteiger partial charge in [0.25, 0.3) is 0 Å². The van der Waals surface area contributed by atoms with Crippen molar-refractivity contribution in [2.24, 2.45) is 0 Å². The number of carbonyl (C=O) groups excluding carboxylic acids is 1.